The van der Waals surface area contributed by atoms with Gasteiger partial charge in [-0.25, -0.2) is 17.7 Å². The summed E-state index contributed by atoms with van der Waals surface area (Å²) in [7, 11) is 0.797. The van der Waals surface area contributed by atoms with Crippen LogP contribution in [0.5, 0.6) is 17.2 Å². The molecule has 51 heavy (non-hydrogen) atoms. The molecular formula is C32H13F11N2O6. The maximum absolute atomic E-state index is 14.7. The van der Waals surface area contributed by atoms with Gasteiger partial charge in [-0.3, -0.25) is 23.7 Å². The number of hydrogen-bond donors (Lipinski definition) is 1. The van der Waals surface area contributed by atoms with E-state index >= 15 is 0 Å². The first kappa shape index (κ1) is 34.8. The van der Waals surface area contributed by atoms with Crippen molar-refractivity contribution in [3.05, 3.63) is 124 Å². The van der Waals surface area contributed by atoms with Crippen LogP contribution in [0.4, 0.5) is 48.3 Å². The molecule has 0 aliphatic rings. The summed E-state index contributed by atoms with van der Waals surface area (Å²) >= 11 is 0. The molecule has 0 aliphatic heterocycles. The third kappa shape index (κ3) is 5.05. The number of phenols is 1. The molecule has 2 heterocycles. The molecule has 0 aliphatic carbocycles. The highest BCUT2D eigenvalue weighted by atomic mass is 19.4. The number of ether oxygens (including phenoxy) is 1. The summed E-state index contributed by atoms with van der Waals surface area (Å²) < 4.78 is 161. The first-order valence-electron chi connectivity index (χ1n) is 13.8. The van der Waals surface area contributed by atoms with Gasteiger partial charge in [0.25, 0.3) is 22.2 Å². The smallest absolute Gasteiger partial charge is 0.417 e. The number of halogens is 11. The number of aromatic nitrogens is 2. The van der Waals surface area contributed by atoms with Crippen LogP contribution in [-0.4, -0.2) is 14.2 Å². The van der Waals surface area contributed by atoms with E-state index in [-0.39, 0.29) is 20.8 Å². The van der Waals surface area contributed by atoms with Gasteiger partial charge in [0.2, 0.25) is 34.8 Å². The minimum atomic E-state index is -5.45. The number of fused-ring (bicyclic) bond motifs is 2. The number of benzene rings is 4. The molecule has 1 N–H and O–H groups in total. The molecule has 8 nitrogen and oxygen atoms in total. The summed E-state index contributed by atoms with van der Waals surface area (Å²) in [5.74, 6) is -18.2. The van der Waals surface area contributed by atoms with Crippen molar-refractivity contribution < 1.29 is 58.1 Å². The van der Waals surface area contributed by atoms with Gasteiger partial charge >= 0.3 is 12.4 Å². The van der Waals surface area contributed by atoms with Crippen LogP contribution in [0, 0.1) is 36.0 Å². The predicted molar refractivity (Wildman–Crippen MR) is 155 cm³/mol. The Kier molecular flexibility index (Phi) is 7.69. The van der Waals surface area contributed by atoms with E-state index in [1.165, 1.54) is 6.92 Å². The zero-order chi connectivity index (χ0) is 37.8. The Morgan fingerprint density at radius 1 is 0.588 bits per heavy atom. The average molecular weight is 730 g/mol. The number of aryl methyl sites for hydroxylation is 1. The van der Waals surface area contributed by atoms with E-state index in [0.717, 1.165) is 19.2 Å². The van der Waals surface area contributed by atoms with Crippen LogP contribution in [0.1, 0.15) is 16.7 Å². The fourth-order valence-electron chi connectivity index (χ4n) is 5.66. The molecule has 0 radical (unpaired) electrons. The zero-order valence-corrected chi connectivity index (χ0v) is 25.0. The highest BCUT2D eigenvalue weighted by Gasteiger charge is 2.40. The summed E-state index contributed by atoms with van der Waals surface area (Å²) in [6.45, 7) is 1.25. The molecule has 0 spiro atoms. The van der Waals surface area contributed by atoms with Crippen molar-refractivity contribution in [1.82, 2.24) is 9.13 Å². The van der Waals surface area contributed by atoms with Crippen molar-refractivity contribution in [2.45, 2.75) is 19.3 Å². The predicted octanol–water partition coefficient (Wildman–Crippen LogP) is 6.65. The van der Waals surface area contributed by atoms with E-state index in [1.54, 1.807) is 0 Å². The topological polar surface area (TPSA) is 108 Å². The van der Waals surface area contributed by atoms with Crippen molar-refractivity contribution in [2.24, 2.45) is 7.05 Å². The molecular weight excluding hydrogens is 717 g/mol. The summed E-state index contributed by atoms with van der Waals surface area (Å²) in [5, 5.41) is 5.96. The van der Waals surface area contributed by atoms with Crippen molar-refractivity contribution in [1.29, 1.82) is 0 Å². The molecule has 0 bridgehead atoms. The SMILES string of the molecule is Cc1ccc(-c2ccc(-n3c(=O)c4c(O)c5c(=O)n(C)c(=O)c5c(Oc5c(F)c(F)c(F)c(F)c5F)c4c3=O)cc2C(F)(F)F)c(C(F)(F)F)c1. The van der Waals surface area contributed by atoms with Crippen LogP contribution in [0.3, 0.4) is 0 Å². The van der Waals surface area contributed by atoms with E-state index in [0.29, 0.717) is 18.2 Å². The first-order chi connectivity index (χ1) is 23.6. The number of hydrogen-bond acceptors (Lipinski definition) is 6. The molecule has 0 fully saturated rings. The van der Waals surface area contributed by atoms with Crippen LogP contribution in [0.2, 0.25) is 0 Å². The average Bonchev–Trinajstić information content (AvgIpc) is 3.45. The Bertz CT molecular complexity index is 2690. The van der Waals surface area contributed by atoms with E-state index in [1.807, 2.05) is 0 Å². The molecule has 0 saturated heterocycles. The van der Waals surface area contributed by atoms with Gasteiger partial charge in [-0.2, -0.15) is 35.1 Å². The third-order valence-electron chi connectivity index (χ3n) is 8.01. The quantitative estimate of drug-likeness (QED) is 0.124. The molecule has 0 amide bonds. The van der Waals surface area contributed by atoms with Crippen LogP contribution in [0.25, 0.3) is 38.4 Å². The maximum Gasteiger partial charge on any atom is 0.417 e. The number of aromatic hydroxyl groups is 1. The Hall–Kier alpha value is -6.01. The van der Waals surface area contributed by atoms with Gasteiger partial charge in [0.15, 0.2) is 5.75 Å². The molecule has 4 aromatic carbocycles. The zero-order valence-electron chi connectivity index (χ0n) is 25.0. The number of alkyl halides is 6. The van der Waals surface area contributed by atoms with Crippen molar-refractivity contribution in [3.8, 4) is 34.1 Å². The van der Waals surface area contributed by atoms with Crippen LogP contribution >= 0.6 is 0 Å². The molecule has 19 heteroatoms. The molecule has 264 valence electrons. The van der Waals surface area contributed by atoms with Gasteiger partial charge in [-0.15, -0.1) is 0 Å². The molecule has 2 aromatic heterocycles. The lowest BCUT2D eigenvalue weighted by Crippen LogP contribution is -2.24. The molecule has 0 unspecified atom stereocenters. The highest BCUT2D eigenvalue weighted by Crippen LogP contribution is 2.45. The van der Waals surface area contributed by atoms with E-state index in [9.17, 15) is 72.6 Å². The minimum Gasteiger partial charge on any atom is -0.506 e. The Labute approximate surface area is 273 Å². The molecule has 6 aromatic rings. The van der Waals surface area contributed by atoms with E-state index < -0.39 is 130 Å². The van der Waals surface area contributed by atoms with E-state index in [4.69, 9.17) is 4.74 Å². The lowest BCUT2D eigenvalue weighted by atomic mass is 9.93. The second kappa shape index (κ2) is 11.3. The number of phenolic OH excluding ortho intramolecular Hbond substituents is 1. The fraction of sp³-hybridized carbons (Fsp3) is 0.125. The molecule has 6 rings (SSSR count). The van der Waals surface area contributed by atoms with E-state index in [2.05, 4.69) is 0 Å². The largest absolute Gasteiger partial charge is 0.506 e. The number of rotatable bonds is 4. The van der Waals surface area contributed by atoms with Gasteiger partial charge in [0.1, 0.15) is 16.5 Å². The number of nitrogens with zero attached hydrogens (tertiary/aromatic N) is 2. The highest BCUT2D eigenvalue weighted by molar-refractivity contribution is 6.11. The minimum absolute atomic E-state index is 0.0426. The van der Waals surface area contributed by atoms with Crippen LogP contribution in [0.15, 0.2) is 55.6 Å². The Balaban J connectivity index is 1.72. The summed E-state index contributed by atoms with van der Waals surface area (Å²) in [6.07, 6.45) is -10.6. The van der Waals surface area contributed by atoms with Gasteiger partial charge in [-0.1, -0.05) is 23.8 Å². The standard InChI is InChI=1S/C32H13F11N2O6/c1-9-3-5-11(13(7-9)31(38,39)40)12-6-4-10(8-14(12)32(41,42)43)45-29(49)16-18(30(45)50)25(17-15(24(16)46)27(47)44(2)28(17)48)51-26-22(36)20(34)19(33)21(35)23(26)37/h3-8,46H,1-2H3. The monoisotopic (exact) mass is 730 g/mol. The van der Waals surface area contributed by atoms with Gasteiger partial charge in [0.05, 0.1) is 27.6 Å². The van der Waals surface area contributed by atoms with Gasteiger partial charge in [0, 0.05) is 7.05 Å². The second-order valence-corrected chi connectivity index (χ2v) is 11.1. The van der Waals surface area contributed by atoms with Crippen LogP contribution in [-0.2, 0) is 19.4 Å². The molecule has 0 atom stereocenters. The Morgan fingerprint density at radius 2 is 1.02 bits per heavy atom. The fourth-order valence-corrected chi connectivity index (χ4v) is 5.66. The van der Waals surface area contributed by atoms with Gasteiger partial charge < -0.3 is 9.84 Å². The summed E-state index contributed by atoms with van der Waals surface area (Å²) in [5.41, 5.74) is -12.7. The van der Waals surface area contributed by atoms with Gasteiger partial charge in [-0.05, 0) is 36.2 Å². The third-order valence-corrected chi connectivity index (χ3v) is 8.01. The summed E-state index contributed by atoms with van der Waals surface area (Å²) in [4.78, 5) is 53.4. The first-order valence-corrected chi connectivity index (χ1v) is 13.8. The molecule has 0 saturated carbocycles. The van der Waals surface area contributed by atoms with Crippen LogP contribution < -0.4 is 27.0 Å². The van der Waals surface area contributed by atoms with Crippen molar-refractivity contribution in [3.63, 3.8) is 0 Å². The normalized spacial score (nSPS) is 12.4. The van der Waals surface area contributed by atoms with Crippen molar-refractivity contribution in [2.75, 3.05) is 0 Å². The summed E-state index contributed by atoms with van der Waals surface area (Å²) in [6, 6.07) is 3.63. The van der Waals surface area contributed by atoms with Crippen molar-refractivity contribution >= 4 is 21.5 Å². The maximum atomic E-state index is 14.7. The second-order valence-electron chi connectivity index (χ2n) is 11.1. The lowest BCUT2D eigenvalue weighted by molar-refractivity contribution is -0.139. The lowest BCUT2D eigenvalue weighted by Gasteiger charge is -2.19. The Morgan fingerprint density at radius 3 is 1.57 bits per heavy atom.